The van der Waals surface area contributed by atoms with Crippen LogP contribution in [0, 0.1) is 13.8 Å². The number of benzene rings is 2. The van der Waals surface area contributed by atoms with Gasteiger partial charge in [0.1, 0.15) is 0 Å². The van der Waals surface area contributed by atoms with E-state index in [9.17, 15) is 4.79 Å². The molecule has 0 fully saturated rings. The van der Waals surface area contributed by atoms with E-state index in [-0.39, 0.29) is 5.91 Å². The van der Waals surface area contributed by atoms with Crippen molar-refractivity contribution >= 4 is 5.91 Å². The topological polar surface area (TPSA) is 46.3 Å². The molecule has 23 heavy (non-hydrogen) atoms. The van der Waals surface area contributed by atoms with E-state index in [1.165, 1.54) is 16.7 Å². The number of nitrogens with zero attached hydrogens (tertiary/aromatic N) is 1. The number of aryl methyl sites for hydroxylation is 2. The molecule has 0 saturated carbocycles. The normalized spacial score (nSPS) is 10.6. The Morgan fingerprint density at radius 3 is 2.48 bits per heavy atom. The Morgan fingerprint density at radius 2 is 1.78 bits per heavy atom. The molecule has 0 bridgehead atoms. The Kier molecular flexibility index (Phi) is 6.36. The number of hydrogen-bond donors (Lipinski definition) is 1. The molecule has 0 aliphatic heterocycles. The van der Waals surface area contributed by atoms with E-state index < -0.39 is 0 Å². The Balaban J connectivity index is 2.01. The summed E-state index contributed by atoms with van der Waals surface area (Å²) in [6.07, 6.45) is 1.31. The van der Waals surface area contributed by atoms with E-state index in [2.05, 4.69) is 44.2 Å². The zero-order valence-electron chi connectivity index (χ0n) is 14.1. The van der Waals surface area contributed by atoms with Gasteiger partial charge in [-0.25, -0.2) is 0 Å². The molecule has 0 aliphatic carbocycles. The number of nitrogens with two attached hydrogens (primary N) is 1. The minimum atomic E-state index is 0.153. The lowest BCUT2D eigenvalue weighted by Gasteiger charge is -2.22. The maximum Gasteiger partial charge on any atom is 0.227 e. The van der Waals surface area contributed by atoms with Gasteiger partial charge >= 0.3 is 0 Å². The fourth-order valence-electron chi connectivity index (χ4n) is 2.69. The van der Waals surface area contributed by atoms with Gasteiger partial charge in [-0.3, -0.25) is 4.79 Å². The summed E-state index contributed by atoms with van der Waals surface area (Å²) in [5.41, 5.74) is 10.4. The number of carbonyl (C=O) groups is 1. The zero-order valence-corrected chi connectivity index (χ0v) is 14.1. The third kappa shape index (κ3) is 5.22. The summed E-state index contributed by atoms with van der Waals surface area (Å²) in [5, 5.41) is 0. The van der Waals surface area contributed by atoms with E-state index in [1.54, 1.807) is 0 Å². The van der Waals surface area contributed by atoms with Gasteiger partial charge in [0.2, 0.25) is 5.91 Å². The molecule has 3 nitrogen and oxygen atoms in total. The van der Waals surface area contributed by atoms with Gasteiger partial charge in [0.15, 0.2) is 0 Å². The monoisotopic (exact) mass is 310 g/mol. The fraction of sp³-hybridized carbons (Fsp3) is 0.350. The first-order valence-electron chi connectivity index (χ1n) is 8.18. The summed E-state index contributed by atoms with van der Waals surface area (Å²) < 4.78 is 0. The van der Waals surface area contributed by atoms with Gasteiger partial charge in [-0.05, 0) is 37.0 Å². The molecule has 0 aromatic heterocycles. The Hall–Kier alpha value is -2.13. The van der Waals surface area contributed by atoms with Gasteiger partial charge in [0.25, 0.3) is 0 Å². The Labute approximate surface area is 139 Å². The average Bonchev–Trinajstić information content (AvgIpc) is 2.55. The van der Waals surface area contributed by atoms with Crippen molar-refractivity contribution in [3.63, 3.8) is 0 Å². The molecular weight excluding hydrogens is 284 g/mol. The van der Waals surface area contributed by atoms with Crippen LogP contribution in [0.2, 0.25) is 0 Å². The summed E-state index contributed by atoms with van der Waals surface area (Å²) in [5.74, 6) is 0.153. The standard InChI is InChI=1S/C20H26N2O/c1-16-8-9-17(2)19(14-16)15-20(23)22(13-11-21)12-10-18-6-4-3-5-7-18/h3-9,14H,10-13,15,21H2,1-2H3. The zero-order chi connectivity index (χ0) is 16.7. The molecular formula is C20H26N2O. The Morgan fingerprint density at radius 1 is 1.04 bits per heavy atom. The molecule has 0 aliphatic rings. The highest BCUT2D eigenvalue weighted by atomic mass is 16.2. The molecule has 2 aromatic carbocycles. The first-order chi connectivity index (χ1) is 11.1. The van der Waals surface area contributed by atoms with Crippen LogP contribution in [0.25, 0.3) is 0 Å². The van der Waals surface area contributed by atoms with Crippen LogP contribution < -0.4 is 5.73 Å². The molecule has 2 rings (SSSR count). The lowest BCUT2D eigenvalue weighted by atomic mass is 10.0. The summed E-state index contributed by atoms with van der Waals surface area (Å²) in [6.45, 7) is 5.93. The summed E-state index contributed by atoms with van der Waals surface area (Å²) >= 11 is 0. The first-order valence-corrected chi connectivity index (χ1v) is 8.18. The minimum Gasteiger partial charge on any atom is -0.341 e. The predicted molar refractivity (Wildman–Crippen MR) is 95.4 cm³/mol. The lowest BCUT2D eigenvalue weighted by Crippen LogP contribution is -2.38. The smallest absolute Gasteiger partial charge is 0.227 e. The molecule has 0 radical (unpaired) electrons. The summed E-state index contributed by atoms with van der Waals surface area (Å²) in [7, 11) is 0. The van der Waals surface area contributed by atoms with Crippen LogP contribution >= 0.6 is 0 Å². The molecule has 1 amide bonds. The molecule has 0 atom stereocenters. The molecule has 2 N–H and O–H groups in total. The predicted octanol–water partition coefficient (Wildman–Crippen LogP) is 2.88. The highest BCUT2D eigenvalue weighted by molar-refractivity contribution is 5.79. The first kappa shape index (κ1) is 17.2. The molecule has 0 saturated heterocycles. The third-order valence-electron chi connectivity index (χ3n) is 4.11. The third-order valence-corrected chi connectivity index (χ3v) is 4.11. The maximum absolute atomic E-state index is 12.7. The number of carbonyl (C=O) groups excluding carboxylic acids is 1. The second kappa shape index (κ2) is 8.49. The van der Waals surface area contributed by atoms with Gasteiger partial charge in [-0.1, -0.05) is 54.1 Å². The van der Waals surface area contributed by atoms with Gasteiger partial charge in [-0.2, -0.15) is 0 Å². The van der Waals surface area contributed by atoms with Crippen molar-refractivity contribution in [3.05, 3.63) is 70.8 Å². The van der Waals surface area contributed by atoms with Crippen molar-refractivity contribution in [2.75, 3.05) is 19.6 Å². The fourth-order valence-corrected chi connectivity index (χ4v) is 2.69. The SMILES string of the molecule is Cc1ccc(C)c(CC(=O)N(CCN)CCc2ccccc2)c1. The second-order valence-corrected chi connectivity index (χ2v) is 6.01. The number of hydrogen-bond acceptors (Lipinski definition) is 2. The van der Waals surface area contributed by atoms with Crippen LogP contribution in [-0.2, 0) is 17.6 Å². The van der Waals surface area contributed by atoms with Crippen molar-refractivity contribution in [3.8, 4) is 0 Å². The van der Waals surface area contributed by atoms with Crippen LogP contribution in [0.15, 0.2) is 48.5 Å². The van der Waals surface area contributed by atoms with Crippen LogP contribution in [0.1, 0.15) is 22.3 Å². The van der Waals surface area contributed by atoms with Crippen molar-refractivity contribution in [2.45, 2.75) is 26.7 Å². The average molecular weight is 310 g/mol. The summed E-state index contributed by atoms with van der Waals surface area (Å²) in [4.78, 5) is 14.5. The van der Waals surface area contributed by atoms with E-state index in [1.807, 2.05) is 23.1 Å². The minimum absolute atomic E-state index is 0.153. The van der Waals surface area contributed by atoms with Crippen molar-refractivity contribution < 1.29 is 4.79 Å². The largest absolute Gasteiger partial charge is 0.341 e. The summed E-state index contributed by atoms with van der Waals surface area (Å²) in [6, 6.07) is 16.5. The molecule has 122 valence electrons. The highest BCUT2D eigenvalue weighted by Gasteiger charge is 2.14. The van der Waals surface area contributed by atoms with E-state index >= 15 is 0 Å². The quantitative estimate of drug-likeness (QED) is 0.855. The lowest BCUT2D eigenvalue weighted by molar-refractivity contribution is -0.130. The number of rotatable bonds is 7. The maximum atomic E-state index is 12.7. The van der Waals surface area contributed by atoms with Crippen molar-refractivity contribution in [1.82, 2.24) is 4.90 Å². The Bertz CT molecular complexity index is 637. The van der Waals surface area contributed by atoms with Crippen molar-refractivity contribution in [1.29, 1.82) is 0 Å². The van der Waals surface area contributed by atoms with Gasteiger partial charge in [0.05, 0.1) is 6.42 Å². The molecule has 2 aromatic rings. The molecule has 3 heteroatoms. The molecule has 0 spiro atoms. The van der Waals surface area contributed by atoms with E-state index in [4.69, 9.17) is 5.73 Å². The van der Waals surface area contributed by atoms with Gasteiger partial charge < -0.3 is 10.6 Å². The van der Waals surface area contributed by atoms with E-state index in [0.717, 1.165) is 12.0 Å². The number of amides is 1. The highest BCUT2D eigenvalue weighted by Crippen LogP contribution is 2.13. The molecule has 0 unspecified atom stereocenters. The van der Waals surface area contributed by atoms with Crippen LogP contribution in [0.5, 0.6) is 0 Å². The second-order valence-electron chi connectivity index (χ2n) is 6.01. The van der Waals surface area contributed by atoms with Crippen LogP contribution in [0.4, 0.5) is 0 Å². The van der Waals surface area contributed by atoms with Gasteiger partial charge in [0, 0.05) is 19.6 Å². The molecule has 0 heterocycles. The van der Waals surface area contributed by atoms with Crippen molar-refractivity contribution in [2.24, 2.45) is 5.73 Å². The van der Waals surface area contributed by atoms with Gasteiger partial charge in [-0.15, -0.1) is 0 Å². The van der Waals surface area contributed by atoms with E-state index in [0.29, 0.717) is 26.1 Å². The van der Waals surface area contributed by atoms with Crippen LogP contribution in [0.3, 0.4) is 0 Å². The van der Waals surface area contributed by atoms with Crippen LogP contribution in [-0.4, -0.2) is 30.4 Å².